The lowest BCUT2D eigenvalue weighted by Crippen LogP contribution is -2.03. The van der Waals surface area contributed by atoms with Gasteiger partial charge in [0.15, 0.2) is 5.82 Å². The molecule has 0 atom stereocenters. The van der Waals surface area contributed by atoms with Gasteiger partial charge in [0.2, 0.25) is 0 Å². The van der Waals surface area contributed by atoms with Crippen LogP contribution in [0.1, 0.15) is 11.4 Å². The van der Waals surface area contributed by atoms with Crippen molar-refractivity contribution in [2.24, 2.45) is 0 Å². The molecule has 82 valence electrons. The van der Waals surface area contributed by atoms with Crippen LogP contribution in [0.2, 0.25) is 0 Å². The summed E-state index contributed by atoms with van der Waals surface area (Å²) in [5, 5.41) is 11.3. The number of aryl methyl sites for hydroxylation is 2. The van der Waals surface area contributed by atoms with E-state index in [1.165, 1.54) is 5.56 Å². The minimum absolute atomic E-state index is 0.668. The molecule has 4 nitrogen and oxygen atoms in total. The molecule has 0 saturated heterocycles. The molecule has 0 fully saturated rings. The molecule has 4 heteroatoms. The lowest BCUT2D eigenvalue weighted by atomic mass is 10.1. The second-order valence-corrected chi connectivity index (χ2v) is 3.62. The van der Waals surface area contributed by atoms with Crippen molar-refractivity contribution in [3.63, 3.8) is 0 Å². The number of anilines is 1. The first-order valence-corrected chi connectivity index (χ1v) is 5.17. The smallest absolute Gasteiger partial charge is 0.156 e. The molecular weight excluding hydrogens is 200 g/mol. The molecule has 0 aliphatic heterocycles. The summed E-state index contributed by atoms with van der Waals surface area (Å²) in [4.78, 5) is 4.32. The van der Waals surface area contributed by atoms with Crippen LogP contribution < -0.4 is 5.32 Å². The van der Waals surface area contributed by atoms with Gasteiger partial charge in [0.1, 0.15) is 11.5 Å². The van der Waals surface area contributed by atoms with Gasteiger partial charge in [-0.25, -0.2) is 4.98 Å². The van der Waals surface area contributed by atoms with Gasteiger partial charge in [-0.15, -0.1) is 10.2 Å². The molecule has 1 aromatic heterocycles. The molecule has 1 heterocycles. The summed E-state index contributed by atoms with van der Waals surface area (Å²) in [5.41, 5.74) is 3.03. The van der Waals surface area contributed by atoms with Crippen molar-refractivity contribution < 1.29 is 0 Å². The highest BCUT2D eigenvalue weighted by Crippen LogP contribution is 2.25. The molecule has 0 aliphatic rings. The van der Waals surface area contributed by atoms with Crippen LogP contribution in [0.25, 0.3) is 11.3 Å². The number of nitrogens with one attached hydrogen (secondary N) is 1. The van der Waals surface area contributed by atoms with Gasteiger partial charge in [-0.1, -0.05) is 24.3 Å². The molecule has 2 rings (SSSR count). The predicted octanol–water partition coefficient (Wildman–Crippen LogP) is 2.20. The molecule has 0 spiro atoms. The van der Waals surface area contributed by atoms with Crippen molar-refractivity contribution in [2.75, 3.05) is 12.4 Å². The van der Waals surface area contributed by atoms with Crippen LogP contribution in [0.15, 0.2) is 24.3 Å². The van der Waals surface area contributed by atoms with Crippen LogP contribution in [-0.2, 0) is 0 Å². The van der Waals surface area contributed by atoms with Crippen molar-refractivity contribution in [3.8, 4) is 11.3 Å². The topological polar surface area (TPSA) is 50.7 Å². The third-order valence-electron chi connectivity index (χ3n) is 2.43. The molecule has 1 N–H and O–H groups in total. The standard InChI is InChI=1S/C12H14N4/c1-8-6-4-5-7-10(8)11-12(13-3)14-9(2)15-16-11/h4-7H,1-3H3,(H,13,14,15). The number of hydrogen-bond donors (Lipinski definition) is 1. The molecular formula is C12H14N4. The lowest BCUT2D eigenvalue weighted by Gasteiger charge is -2.08. The second-order valence-electron chi connectivity index (χ2n) is 3.62. The van der Waals surface area contributed by atoms with Gasteiger partial charge < -0.3 is 5.32 Å². The largest absolute Gasteiger partial charge is 0.371 e. The summed E-state index contributed by atoms with van der Waals surface area (Å²) in [7, 11) is 1.84. The SMILES string of the molecule is CNc1nc(C)nnc1-c1ccccc1C. The normalized spacial score (nSPS) is 10.2. The molecule has 0 bridgehead atoms. The van der Waals surface area contributed by atoms with E-state index >= 15 is 0 Å². The Balaban J connectivity index is 2.60. The van der Waals surface area contributed by atoms with E-state index in [1.807, 2.05) is 32.2 Å². The lowest BCUT2D eigenvalue weighted by molar-refractivity contribution is 0.915. The fourth-order valence-corrected chi connectivity index (χ4v) is 1.60. The number of hydrogen-bond acceptors (Lipinski definition) is 4. The molecule has 0 aliphatic carbocycles. The fourth-order valence-electron chi connectivity index (χ4n) is 1.60. The number of aromatic nitrogens is 3. The summed E-state index contributed by atoms with van der Waals surface area (Å²) in [6.07, 6.45) is 0. The molecule has 16 heavy (non-hydrogen) atoms. The maximum Gasteiger partial charge on any atom is 0.156 e. The molecule has 0 amide bonds. The monoisotopic (exact) mass is 214 g/mol. The predicted molar refractivity (Wildman–Crippen MR) is 64.3 cm³/mol. The Labute approximate surface area is 94.8 Å². The minimum Gasteiger partial charge on any atom is -0.371 e. The quantitative estimate of drug-likeness (QED) is 0.832. The fraction of sp³-hybridized carbons (Fsp3) is 0.250. The Morgan fingerprint density at radius 3 is 2.50 bits per heavy atom. The summed E-state index contributed by atoms with van der Waals surface area (Å²) in [6, 6.07) is 8.07. The highest BCUT2D eigenvalue weighted by molar-refractivity contribution is 5.73. The van der Waals surface area contributed by atoms with E-state index in [2.05, 4.69) is 33.5 Å². The van der Waals surface area contributed by atoms with Crippen molar-refractivity contribution in [2.45, 2.75) is 13.8 Å². The maximum absolute atomic E-state index is 4.32. The second kappa shape index (κ2) is 4.26. The third-order valence-corrected chi connectivity index (χ3v) is 2.43. The average molecular weight is 214 g/mol. The third kappa shape index (κ3) is 1.86. The van der Waals surface area contributed by atoms with Gasteiger partial charge in [0.05, 0.1) is 0 Å². The number of rotatable bonds is 2. The van der Waals surface area contributed by atoms with Crippen LogP contribution >= 0.6 is 0 Å². The van der Waals surface area contributed by atoms with E-state index in [0.29, 0.717) is 5.82 Å². The Morgan fingerprint density at radius 2 is 1.81 bits per heavy atom. The van der Waals surface area contributed by atoms with Gasteiger partial charge in [0.25, 0.3) is 0 Å². The van der Waals surface area contributed by atoms with Gasteiger partial charge in [-0.3, -0.25) is 0 Å². The zero-order chi connectivity index (χ0) is 11.5. The van der Waals surface area contributed by atoms with E-state index in [9.17, 15) is 0 Å². The van der Waals surface area contributed by atoms with E-state index in [0.717, 1.165) is 17.1 Å². The Hall–Kier alpha value is -1.97. The maximum atomic E-state index is 4.32. The minimum atomic E-state index is 0.668. The van der Waals surface area contributed by atoms with Crippen LogP contribution in [0.5, 0.6) is 0 Å². The summed E-state index contributed by atoms with van der Waals surface area (Å²) in [5.74, 6) is 1.43. The van der Waals surface area contributed by atoms with Crippen LogP contribution in [0.3, 0.4) is 0 Å². The van der Waals surface area contributed by atoms with E-state index in [4.69, 9.17) is 0 Å². The van der Waals surface area contributed by atoms with Crippen LogP contribution in [0, 0.1) is 13.8 Å². The Bertz CT molecular complexity index is 508. The first kappa shape index (κ1) is 10.5. The molecule has 0 saturated carbocycles. The number of nitrogens with zero attached hydrogens (tertiary/aromatic N) is 3. The van der Waals surface area contributed by atoms with Crippen molar-refractivity contribution in [1.29, 1.82) is 0 Å². The average Bonchev–Trinajstić information content (AvgIpc) is 2.30. The van der Waals surface area contributed by atoms with Gasteiger partial charge >= 0.3 is 0 Å². The highest BCUT2D eigenvalue weighted by Gasteiger charge is 2.10. The van der Waals surface area contributed by atoms with Crippen LogP contribution in [-0.4, -0.2) is 22.2 Å². The van der Waals surface area contributed by atoms with Crippen molar-refractivity contribution >= 4 is 5.82 Å². The Kier molecular flexibility index (Phi) is 2.81. The summed E-state index contributed by atoms with van der Waals surface area (Å²) < 4.78 is 0. The summed E-state index contributed by atoms with van der Waals surface area (Å²) >= 11 is 0. The zero-order valence-corrected chi connectivity index (χ0v) is 9.65. The molecule has 0 unspecified atom stereocenters. The molecule has 2 aromatic rings. The van der Waals surface area contributed by atoms with Gasteiger partial charge in [-0.05, 0) is 19.4 Å². The molecule has 1 aromatic carbocycles. The van der Waals surface area contributed by atoms with Gasteiger partial charge in [-0.2, -0.15) is 0 Å². The van der Waals surface area contributed by atoms with E-state index < -0.39 is 0 Å². The zero-order valence-electron chi connectivity index (χ0n) is 9.65. The highest BCUT2D eigenvalue weighted by atomic mass is 15.2. The first-order valence-electron chi connectivity index (χ1n) is 5.17. The van der Waals surface area contributed by atoms with Crippen molar-refractivity contribution in [3.05, 3.63) is 35.7 Å². The van der Waals surface area contributed by atoms with E-state index in [-0.39, 0.29) is 0 Å². The first-order chi connectivity index (χ1) is 7.72. The van der Waals surface area contributed by atoms with Gasteiger partial charge in [0, 0.05) is 12.6 Å². The molecule has 0 radical (unpaired) electrons. The van der Waals surface area contributed by atoms with Crippen LogP contribution in [0.4, 0.5) is 5.82 Å². The summed E-state index contributed by atoms with van der Waals surface area (Å²) in [6.45, 7) is 3.88. The van der Waals surface area contributed by atoms with E-state index in [1.54, 1.807) is 0 Å². The van der Waals surface area contributed by atoms with Crippen molar-refractivity contribution in [1.82, 2.24) is 15.2 Å². The Morgan fingerprint density at radius 1 is 1.06 bits per heavy atom. The number of benzene rings is 1.